The van der Waals surface area contributed by atoms with E-state index in [9.17, 15) is 18.0 Å². The van der Waals surface area contributed by atoms with Crippen LogP contribution in [0.25, 0.3) is 0 Å². The van der Waals surface area contributed by atoms with Crippen LogP contribution in [0.5, 0.6) is 11.5 Å². The molecule has 0 radical (unpaired) electrons. The maximum Gasteiger partial charge on any atom is 0.417 e. The molecular formula is C23H26ClF3N2O3. The molecule has 0 aliphatic heterocycles. The van der Waals surface area contributed by atoms with Crippen LogP contribution in [-0.4, -0.2) is 44.2 Å². The van der Waals surface area contributed by atoms with Gasteiger partial charge in [-0.25, -0.2) is 0 Å². The first-order chi connectivity index (χ1) is 15.1. The second-order valence-electron chi connectivity index (χ2n) is 7.95. The molecule has 1 aliphatic carbocycles. The number of carbonyl (C=O) groups is 1. The fourth-order valence-corrected chi connectivity index (χ4v) is 3.72. The summed E-state index contributed by atoms with van der Waals surface area (Å²) < 4.78 is 51.5. The molecular weight excluding hydrogens is 445 g/mol. The summed E-state index contributed by atoms with van der Waals surface area (Å²) in [5.74, 6) is 0.0421. The maximum atomic E-state index is 13.2. The lowest BCUT2D eigenvalue weighted by atomic mass is 10.1. The maximum absolute atomic E-state index is 13.2. The molecule has 0 atom stereocenters. The second-order valence-corrected chi connectivity index (χ2v) is 8.36. The van der Waals surface area contributed by atoms with E-state index < -0.39 is 22.7 Å². The van der Waals surface area contributed by atoms with Gasteiger partial charge in [-0.1, -0.05) is 17.7 Å². The number of rotatable bonds is 8. The number of alkyl halides is 3. The summed E-state index contributed by atoms with van der Waals surface area (Å²) in [5.41, 5.74) is -0.891. The van der Waals surface area contributed by atoms with Crippen molar-refractivity contribution in [1.82, 2.24) is 4.90 Å². The molecule has 0 spiro atoms. The number of hydrogen-bond acceptors (Lipinski definition) is 4. The van der Waals surface area contributed by atoms with Gasteiger partial charge in [0.25, 0.3) is 5.91 Å². The van der Waals surface area contributed by atoms with E-state index in [1.54, 1.807) is 18.2 Å². The number of benzene rings is 2. The molecule has 5 nitrogen and oxygen atoms in total. The highest BCUT2D eigenvalue weighted by Gasteiger charge is 2.33. The number of nitrogens with zero attached hydrogens (tertiary/aromatic N) is 1. The Morgan fingerprint density at radius 2 is 1.84 bits per heavy atom. The van der Waals surface area contributed by atoms with Gasteiger partial charge in [-0.05, 0) is 70.1 Å². The van der Waals surface area contributed by atoms with Gasteiger partial charge < -0.3 is 19.7 Å². The molecule has 32 heavy (non-hydrogen) atoms. The van der Waals surface area contributed by atoms with Crippen LogP contribution in [0.1, 0.15) is 41.6 Å². The van der Waals surface area contributed by atoms with Crippen molar-refractivity contribution in [2.75, 3.05) is 32.6 Å². The zero-order valence-electron chi connectivity index (χ0n) is 18.0. The van der Waals surface area contributed by atoms with Gasteiger partial charge in [0.05, 0.1) is 16.7 Å². The fraction of sp³-hybridized carbons (Fsp3) is 0.435. The molecule has 9 heteroatoms. The number of amides is 1. The molecule has 1 fully saturated rings. The lowest BCUT2D eigenvalue weighted by Crippen LogP contribution is -2.22. The monoisotopic (exact) mass is 470 g/mol. The average Bonchev–Trinajstić information content (AvgIpc) is 3.21. The minimum Gasteiger partial charge on any atom is -0.491 e. The normalized spacial score (nSPS) is 14.6. The highest BCUT2D eigenvalue weighted by molar-refractivity contribution is 6.31. The number of ether oxygens (including phenoxy) is 2. The summed E-state index contributed by atoms with van der Waals surface area (Å²) in [5, 5.41) is 2.10. The molecule has 0 aromatic heterocycles. The molecule has 0 bridgehead atoms. The predicted molar refractivity (Wildman–Crippen MR) is 118 cm³/mol. The first-order valence-corrected chi connectivity index (χ1v) is 10.8. The quantitative estimate of drug-likeness (QED) is 0.524. The van der Waals surface area contributed by atoms with Crippen LogP contribution in [-0.2, 0) is 6.18 Å². The average molecular weight is 471 g/mol. The zero-order chi connectivity index (χ0) is 23.3. The van der Waals surface area contributed by atoms with E-state index in [2.05, 4.69) is 5.32 Å². The van der Waals surface area contributed by atoms with Crippen molar-refractivity contribution >= 4 is 23.2 Å². The summed E-state index contributed by atoms with van der Waals surface area (Å²) in [6, 6.07) is 8.30. The highest BCUT2D eigenvalue weighted by Crippen LogP contribution is 2.37. The van der Waals surface area contributed by atoms with Crippen molar-refractivity contribution in [2.45, 2.75) is 38.0 Å². The number of hydrogen-bond donors (Lipinski definition) is 1. The molecule has 1 aliphatic rings. The Labute approximate surface area is 190 Å². The van der Waals surface area contributed by atoms with Crippen LogP contribution < -0.4 is 14.8 Å². The molecule has 1 saturated carbocycles. The molecule has 0 unspecified atom stereocenters. The third kappa shape index (κ3) is 6.29. The topological polar surface area (TPSA) is 50.8 Å². The molecule has 174 valence electrons. The van der Waals surface area contributed by atoms with Crippen molar-refractivity contribution in [3.63, 3.8) is 0 Å². The van der Waals surface area contributed by atoms with Gasteiger partial charge in [0.1, 0.15) is 23.7 Å². The van der Waals surface area contributed by atoms with Crippen LogP contribution in [0.2, 0.25) is 5.02 Å². The van der Waals surface area contributed by atoms with Gasteiger partial charge in [0.15, 0.2) is 0 Å². The minimum atomic E-state index is -4.64. The Bertz CT molecular complexity index is 945. The SMILES string of the molecule is CN(C)CCOc1cccc(OC2CCCC2)c1C(=O)Nc1ccc(Cl)c(C(F)(F)F)c1. The number of nitrogens with one attached hydrogen (secondary N) is 1. The summed E-state index contributed by atoms with van der Waals surface area (Å²) in [6.07, 6.45) is -0.766. The van der Waals surface area contributed by atoms with E-state index in [-0.39, 0.29) is 17.4 Å². The third-order valence-corrected chi connectivity index (χ3v) is 5.47. The number of carbonyl (C=O) groups excluding carboxylic acids is 1. The van der Waals surface area contributed by atoms with Crippen LogP contribution in [0.15, 0.2) is 36.4 Å². The standard InChI is InChI=1S/C23H26ClF3N2O3/c1-29(2)12-13-31-19-8-5-9-20(32-16-6-3-4-7-16)21(19)22(30)28-15-10-11-18(24)17(14-15)23(25,26)27/h5,8-11,14,16H,3-4,6-7,12-13H2,1-2H3,(H,28,30). The number of halogens is 4. The van der Waals surface area contributed by atoms with Crippen molar-refractivity contribution in [1.29, 1.82) is 0 Å². The summed E-state index contributed by atoms with van der Waals surface area (Å²) >= 11 is 5.69. The Kier molecular flexibility index (Phi) is 7.90. The second kappa shape index (κ2) is 10.4. The van der Waals surface area contributed by atoms with E-state index in [1.165, 1.54) is 6.07 Å². The smallest absolute Gasteiger partial charge is 0.417 e. The zero-order valence-corrected chi connectivity index (χ0v) is 18.7. The predicted octanol–water partition coefficient (Wildman–Crippen LogP) is 5.87. The summed E-state index contributed by atoms with van der Waals surface area (Å²) in [4.78, 5) is 15.1. The van der Waals surface area contributed by atoms with E-state index in [1.807, 2.05) is 19.0 Å². The lowest BCUT2D eigenvalue weighted by Gasteiger charge is -2.20. The van der Waals surface area contributed by atoms with Gasteiger partial charge >= 0.3 is 6.18 Å². The van der Waals surface area contributed by atoms with Crippen LogP contribution >= 0.6 is 11.6 Å². The van der Waals surface area contributed by atoms with Gasteiger partial charge in [0, 0.05) is 12.2 Å². The van der Waals surface area contributed by atoms with Crippen LogP contribution in [0, 0.1) is 0 Å². The fourth-order valence-electron chi connectivity index (χ4n) is 3.49. The first-order valence-electron chi connectivity index (χ1n) is 10.4. The van der Waals surface area contributed by atoms with Crippen LogP contribution in [0.4, 0.5) is 18.9 Å². The molecule has 0 saturated heterocycles. The molecule has 1 amide bonds. The minimum absolute atomic E-state index is 0.00839. The van der Waals surface area contributed by atoms with Gasteiger partial charge in [-0.15, -0.1) is 0 Å². The Hall–Kier alpha value is -2.45. The molecule has 3 rings (SSSR count). The van der Waals surface area contributed by atoms with Crippen LogP contribution in [0.3, 0.4) is 0 Å². The van der Waals surface area contributed by atoms with Gasteiger partial charge in [0.2, 0.25) is 0 Å². The first kappa shape index (κ1) is 24.2. The van der Waals surface area contributed by atoms with Crippen molar-refractivity contribution < 1.29 is 27.4 Å². The summed E-state index contributed by atoms with van der Waals surface area (Å²) in [7, 11) is 3.80. The van der Waals surface area contributed by atoms with E-state index in [0.717, 1.165) is 37.8 Å². The summed E-state index contributed by atoms with van der Waals surface area (Å²) in [6.45, 7) is 0.959. The van der Waals surface area contributed by atoms with Crippen molar-refractivity contribution in [2.24, 2.45) is 0 Å². The lowest BCUT2D eigenvalue weighted by molar-refractivity contribution is -0.137. The van der Waals surface area contributed by atoms with Crippen molar-refractivity contribution in [3.8, 4) is 11.5 Å². The van der Waals surface area contributed by atoms with E-state index >= 15 is 0 Å². The van der Waals surface area contributed by atoms with Gasteiger partial charge in [-0.3, -0.25) is 4.79 Å². The molecule has 2 aromatic rings. The Morgan fingerprint density at radius 1 is 1.16 bits per heavy atom. The Morgan fingerprint density at radius 3 is 2.50 bits per heavy atom. The van der Waals surface area contributed by atoms with E-state index in [4.69, 9.17) is 21.1 Å². The molecule has 2 aromatic carbocycles. The molecule has 1 N–H and O–H groups in total. The number of anilines is 1. The Balaban J connectivity index is 1.89. The third-order valence-electron chi connectivity index (χ3n) is 5.14. The van der Waals surface area contributed by atoms with Gasteiger partial charge in [-0.2, -0.15) is 13.2 Å². The van der Waals surface area contributed by atoms with Crippen molar-refractivity contribution in [3.05, 3.63) is 52.5 Å². The number of likely N-dealkylation sites (N-methyl/N-ethyl adjacent to an activating group) is 1. The highest BCUT2D eigenvalue weighted by atomic mass is 35.5. The largest absolute Gasteiger partial charge is 0.491 e. The molecule has 0 heterocycles. The van der Waals surface area contributed by atoms with E-state index in [0.29, 0.717) is 24.7 Å².